The third-order valence-electron chi connectivity index (χ3n) is 12.7. The van der Waals surface area contributed by atoms with E-state index in [-0.39, 0.29) is 24.9 Å². The third-order valence-corrected chi connectivity index (χ3v) is 12.7. The Balaban J connectivity index is 4.57. The molecule has 6 heteroatoms. The van der Waals surface area contributed by atoms with Crippen molar-refractivity contribution in [3.8, 4) is 0 Å². The van der Waals surface area contributed by atoms with Crippen LogP contribution < -0.4 is 5.32 Å². The van der Waals surface area contributed by atoms with Crippen molar-refractivity contribution in [1.82, 2.24) is 5.32 Å². The van der Waals surface area contributed by atoms with Gasteiger partial charge < -0.3 is 20.3 Å². The van der Waals surface area contributed by atoms with E-state index in [1.54, 1.807) is 0 Å². The molecule has 0 heterocycles. The van der Waals surface area contributed by atoms with Gasteiger partial charge in [0.2, 0.25) is 5.91 Å². The lowest BCUT2D eigenvalue weighted by Crippen LogP contribution is -2.46. The van der Waals surface area contributed by atoms with Gasteiger partial charge in [-0.25, -0.2) is 0 Å². The summed E-state index contributed by atoms with van der Waals surface area (Å²) in [5, 5.41) is 23.8. The summed E-state index contributed by atoms with van der Waals surface area (Å²) in [7, 11) is 0. The van der Waals surface area contributed by atoms with Crippen molar-refractivity contribution in [3.05, 3.63) is 36.5 Å². The van der Waals surface area contributed by atoms with Gasteiger partial charge in [0.1, 0.15) is 6.10 Å². The van der Waals surface area contributed by atoms with Crippen LogP contribution in [0.25, 0.3) is 0 Å². The number of hydrogen-bond acceptors (Lipinski definition) is 5. The van der Waals surface area contributed by atoms with Crippen LogP contribution in [0, 0.1) is 0 Å². The second-order valence-corrected chi connectivity index (χ2v) is 19.0. The topological polar surface area (TPSA) is 95.9 Å². The number of carbonyl (C=O) groups excluding carboxylic acids is 2. The molecule has 0 aromatic heterocycles. The predicted molar refractivity (Wildman–Crippen MR) is 273 cm³/mol. The van der Waals surface area contributed by atoms with E-state index in [1.807, 2.05) is 0 Å². The summed E-state index contributed by atoms with van der Waals surface area (Å²) in [4.78, 5) is 26.2. The average Bonchev–Trinajstić information content (AvgIpc) is 3.28. The largest absolute Gasteiger partial charge is 0.462 e. The monoisotopic (exact) mass is 886 g/mol. The summed E-state index contributed by atoms with van der Waals surface area (Å²) in [6, 6.07) is -0.710. The van der Waals surface area contributed by atoms with Gasteiger partial charge in [0.15, 0.2) is 0 Å². The Kier molecular flexibility index (Phi) is 49.5. The predicted octanol–water partition coefficient (Wildman–Crippen LogP) is 16.8. The Bertz CT molecular complexity index is 1040. The molecule has 1 amide bonds. The van der Waals surface area contributed by atoms with E-state index >= 15 is 0 Å². The van der Waals surface area contributed by atoms with Crippen LogP contribution in [0.2, 0.25) is 0 Å². The van der Waals surface area contributed by atoms with Crippen LogP contribution in [0.3, 0.4) is 0 Å². The van der Waals surface area contributed by atoms with Crippen molar-refractivity contribution in [2.75, 3.05) is 6.61 Å². The third kappa shape index (κ3) is 46.4. The van der Waals surface area contributed by atoms with E-state index in [4.69, 9.17) is 4.74 Å². The fraction of sp³-hybridized carbons (Fsp3) is 0.860. The molecule has 0 bridgehead atoms. The highest BCUT2D eigenvalue weighted by Crippen LogP contribution is 2.18. The van der Waals surface area contributed by atoms with Crippen LogP contribution in [0.5, 0.6) is 0 Å². The lowest BCUT2D eigenvalue weighted by atomic mass is 10.0. The maximum Gasteiger partial charge on any atom is 0.306 e. The molecular formula is C57H107NO5. The van der Waals surface area contributed by atoms with E-state index in [0.717, 1.165) is 70.6 Å². The first-order chi connectivity index (χ1) is 31.0. The molecule has 3 unspecified atom stereocenters. The average molecular weight is 886 g/mol. The van der Waals surface area contributed by atoms with Gasteiger partial charge in [-0.05, 0) is 64.2 Å². The number of nitrogens with one attached hydrogen (secondary N) is 1. The SMILES string of the molecule is CCCCC/C=C\C/C=C\C/C=C\CCCCC(CC(=O)NC(CO)C(O)CCCCCCCCCCCCC)OC(=O)CCCCCCCCCCCCCCCCCCCC. The van der Waals surface area contributed by atoms with E-state index in [0.29, 0.717) is 19.3 Å². The maximum atomic E-state index is 13.2. The second-order valence-electron chi connectivity index (χ2n) is 19.0. The van der Waals surface area contributed by atoms with E-state index in [2.05, 4.69) is 62.5 Å². The van der Waals surface area contributed by atoms with E-state index < -0.39 is 18.2 Å². The molecule has 370 valence electrons. The number of ether oxygens (including phenoxy) is 1. The molecule has 0 rings (SSSR count). The summed E-state index contributed by atoms with van der Waals surface area (Å²) in [5.74, 6) is -0.498. The number of allylic oxidation sites excluding steroid dienone is 6. The van der Waals surface area contributed by atoms with Crippen LogP contribution in [0.1, 0.15) is 290 Å². The summed E-state index contributed by atoms with van der Waals surface area (Å²) < 4.78 is 5.94. The van der Waals surface area contributed by atoms with Gasteiger partial charge >= 0.3 is 5.97 Å². The Labute approximate surface area is 392 Å². The van der Waals surface area contributed by atoms with Crippen molar-refractivity contribution in [2.24, 2.45) is 0 Å². The summed E-state index contributed by atoms with van der Waals surface area (Å²) in [5.41, 5.74) is 0. The summed E-state index contributed by atoms with van der Waals surface area (Å²) >= 11 is 0. The van der Waals surface area contributed by atoms with Crippen molar-refractivity contribution < 1.29 is 24.5 Å². The maximum absolute atomic E-state index is 13.2. The van der Waals surface area contributed by atoms with Crippen molar-refractivity contribution in [3.63, 3.8) is 0 Å². The number of rotatable bonds is 50. The standard InChI is InChI=1S/C57H107NO5/c1-4-7-10-13-16-19-22-24-26-27-28-30-32-35-38-41-44-47-50-57(62)63-53(48-45-42-39-36-34-31-29-25-23-20-17-14-11-8-5-2)51-56(61)58-54(52-59)55(60)49-46-43-40-37-33-21-18-15-12-9-6-3/h17,20,25,29,34,36,53-55,59-60H,4-16,18-19,21-24,26-28,30-33,35,37-52H2,1-3H3,(H,58,61)/b20-17-,29-25-,36-34-. The molecule has 0 saturated carbocycles. The van der Waals surface area contributed by atoms with Crippen molar-refractivity contribution in [2.45, 2.75) is 309 Å². The fourth-order valence-electron chi connectivity index (χ4n) is 8.50. The van der Waals surface area contributed by atoms with E-state index in [9.17, 15) is 19.8 Å². The Hall–Kier alpha value is -1.92. The first kappa shape index (κ1) is 61.1. The molecule has 0 aliphatic carbocycles. The van der Waals surface area contributed by atoms with Crippen LogP contribution in [0.15, 0.2) is 36.5 Å². The molecule has 6 nitrogen and oxygen atoms in total. The zero-order chi connectivity index (χ0) is 45.9. The Morgan fingerprint density at radius 3 is 1.24 bits per heavy atom. The minimum Gasteiger partial charge on any atom is -0.462 e. The molecule has 0 saturated heterocycles. The molecule has 3 N–H and O–H groups in total. The van der Waals surface area contributed by atoms with Gasteiger partial charge in [0.25, 0.3) is 0 Å². The molecule has 0 aliphatic rings. The molecule has 0 spiro atoms. The van der Waals surface area contributed by atoms with Crippen LogP contribution in [0.4, 0.5) is 0 Å². The number of unbranched alkanes of at least 4 members (excludes halogenated alkanes) is 32. The minimum absolute atomic E-state index is 0.0558. The smallest absolute Gasteiger partial charge is 0.306 e. The number of aliphatic hydroxyl groups is 2. The zero-order valence-corrected chi connectivity index (χ0v) is 42.2. The summed E-state index contributed by atoms with van der Waals surface area (Å²) in [6.45, 7) is 6.46. The van der Waals surface area contributed by atoms with Gasteiger partial charge in [-0.3, -0.25) is 9.59 Å². The lowest BCUT2D eigenvalue weighted by Gasteiger charge is -2.24. The highest BCUT2D eigenvalue weighted by molar-refractivity contribution is 5.77. The van der Waals surface area contributed by atoms with Gasteiger partial charge in [-0.1, -0.05) is 250 Å². The quantitative estimate of drug-likeness (QED) is 0.0321. The van der Waals surface area contributed by atoms with Gasteiger partial charge in [-0.2, -0.15) is 0 Å². The normalized spacial score (nSPS) is 13.4. The second kappa shape index (κ2) is 51.1. The molecule has 0 aliphatic heterocycles. The fourth-order valence-corrected chi connectivity index (χ4v) is 8.50. The molecule has 63 heavy (non-hydrogen) atoms. The first-order valence-corrected chi connectivity index (χ1v) is 27.7. The minimum atomic E-state index is -0.795. The lowest BCUT2D eigenvalue weighted by molar-refractivity contribution is -0.151. The molecule has 0 radical (unpaired) electrons. The van der Waals surface area contributed by atoms with Crippen LogP contribution in [-0.2, 0) is 14.3 Å². The summed E-state index contributed by atoms with van der Waals surface area (Å²) in [6.07, 6.45) is 60.7. The van der Waals surface area contributed by atoms with Crippen molar-refractivity contribution >= 4 is 11.9 Å². The molecule has 0 fully saturated rings. The first-order valence-electron chi connectivity index (χ1n) is 27.7. The molecule has 0 aromatic rings. The number of hydrogen-bond donors (Lipinski definition) is 3. The Morgan fingerprint density at radius 2 is 0.810 bits per heavy atom. The van der Waals surface area contributed by atoms with E-state index in [1.165, 1.54) is 173 Å². The zero-order valence-electron chi connectivity index (χ0n) is 42.2. The van der Waals surface area contributed by atoms with Crippen LogP contribution >= 0.6 is 0 Å². The molecule has 0 aromatic carbocycles. The number of carbonyl (C=O) groups is 2. The number of esters is 1. The molecule has 3 atom stereocenters. The highest BCUT2D eigenvalue weighted by atomic mass is 16.5. The van der Waals surface area contributed by atoms with Crippen molar-refractivity contribution in [1.29, 1.82) is 0 Å². The number of amides is 1. The highest BCUT2D eigenvalue weighted by Gasteiger charge is 2.24. The van der Waals surface area contributed by atoms with Gasteiger partial charge in [-0.15, -0.1) is 0 Å². The Morgan fingerprint density at radius 1 is 0.460 bits per heavy atom. The number of aliphatic hydroxyl groups excluding tert-OH is 2. The van der Waals surface area contributed by atoms with Crippen LogP contribution in [-0.4, -0.2) is 46.9 Å². The van der Waals surface area contributed by atoms with Gasteiger partial charge in [0.05, 0.1) is 25.2 Å². The van der Waals surface area contributed by atoms with Gasteiger partial charge in [0, 0.05) is 6.42 Å². The molecular weight excluding hydrogens is 779 g/mol.